The second-order valence-electron chi connectivity index (χ2n) is 11.3. The van der Waals surface area contributed by atoms with Crippen LogP contribution in [0.4, 0.5) is 5.69 Å². The molecule has 7 heteroatoms. The number of benzene rings is 1. The molecule has 1 saturated heterocycles. The van der Waals surface area contributed by atoms with Gasteiger partial charge in [-0.2, -0.15) is 0 Å². The summed E-state index contributed by atoms with van der Waals surface area (Å²) in [6, 6.07) is 6.14. The molecule has 2 N–H and O–H groups in total. The minimum absolute atomic E-state index is 0.0555. The van der Waals surface area contributed by atoms with Crippen molar-refractivity contribution >= 4 is 23.4 Å². The fourth-order valence-corrected chi connectivity index (χ4v) is 4.95. The summed E-state index contributed by atoms with van der Waals surface area (Å²) >= 11 is 0. The van der Waals surface area contributed by atoms with E-state index in [2.05, 4.69) is 35.3 Å². The number of piperidine rings is 1. The number of anilines is 1. The Morgan fingerprint density at radius 1 is 1.05 bits per heavy atom. The summed E-state index contributed by atoms with van der Waals surface area (Å²) in [6.07, 6.45) is 10.1. The quantitative estimate of drug-likeness (QED) is 0.352. The van der Waals surface area contributed by atoms with Crippen molar-refractivity contribution in [1.29, 1.82) is 0 Å². The van der Waals surface area contributed by atoms with Gasteiger partial charge in [-0.3, -0.25) is 19.3 Å². The number of hydrogen-bond donors (Lipinski definition) is 2. The third-order valence-corrected chi connectivity index (χ3v) is 7.31. The van der Waals surface area contributed by atoms with Crippen molar-refractivity contribution < 1.29 is 14.4 Å². The maximum atomic E-state index is 13.7. The number of carbonyl (C=O) groups is 3. The van der Waals surface area contributed by atoms with E-state index in [1.807, 2.05) is 33.8 Å². The van der Waals surface area contributed by atoms with Gasteiger partial charge in [0.05, 0.1) is 12.1 Å². The molecule has 3 amide bonds. The van der Waals surface area contributed by atoms with Crippen molar-refractivity contribution in [3.63, 3.8) is 0 Å². The molecule has 1 heterocycles. The molecule has 0 radical (unpaired) electrons. The van der Waals surface area contributed by atoms with Gasteiger partial charge in [-0.25, -0.2) is 0 Å². The summed E-state index contributed by atoms with van der Waals surface area (Å²) in [6.45, 7) is 14.8. The minimum atomic E-state index is -0.651. The van der Waals surface area contributed by atoms with Crippen LogP contribution in [0.3, 0.4) is 0 Å². The molecule has 0 bridgehead atoms. The Morgan fingerprint density at radius 3 is 2.21 bits per heavy atom. The van der Waals surface area contributed by atoms with Gasteiger partial charge in [0.15, 0.2) is 0 Å². The van der Waals surface area contributed by atoms with Gasteiger partial charge in [-0.15, -0.1) is 6.42 Å². The lowest BCUT2D eigenvalue weighted by Crippen LogP contribution is -2.58. The van der Waals surface area contributed by atoms with Crippen molar-refractivity contribution in [3.05, 3.63) is 41.5 Å². The van der Waals surface area contributed by atoms with Crippen molar-refractivity contribution in [2.24, 2.45) is 11.8 Å². The first-order chi connectivity index (χ1) is 17.9. The van der Waals surface area contributed by atoms with E-state index in [0.29, 0.717) is 11.3 Å². The summed E-state index contributed by atoms with van der Waals surface area (Å²) < 4.78 is 0. The molecule has 0 aliphatic carbocycles. The highest BCUT2D eigenvalue weighted by Gasteiger charge is 2.36. The van der Waals surface area contributed by atoms with Crippen LogP contribution in [0.5, 0.6) is 0 Å². The van der Waals surface area contributed by atoms with Crippen molar-refractivity contribution in [3.8, 4) is 12.3 Å². The van der Waals surface area contributed by atoms with E-state index in [4.69, 9.17) is 6.42 Å². The zero-order chi connectivity index (χ0) is 28.6. The van der Waals surface area contributed by atoms with Gasteiger partial charge < -0.3 is 15.5 Å². The standard InChI is InChI=1S/C31H46N4O3/c1-10-24-14-16-25(17-15-24)32-29(36)23(8)19-27(20(2)3)34(9)31(38)28(21(4)5)33-30(37)26-13-11-12-18-35(26)22(6)7/h1,14-17,19-22,26-28H,11-13,18H2,2-9H3,(H,32,36)(H,33,37)/b23-19+/t26-,27-,28+/m1/s1. The minimum Gasteiger partial charge on any atom is -0.343 e. The first-order valence-corrected chi connectivity index (χ1v) is 13.8. The largest absolute Gasteiger partial charge is 0.343 e. The molecule has 1 aromatic carbocycles. The normalized spacial score (nSPS) is 18.2. The van der Waals surface area contributed by atoms with Crippen LogP contribution in [-0.2, 0) is 14.4 Å². The number of likely N-dealkylation sites (N-methyl/N-ethyl adjacent to an activating group) is 1. The molecule has 1 aliphatic rings. The molecule has 38 heavy (non-hydrogen) atoms. The molecule has 7 nitrogen and oxygen atoms in total. The molecule has 0 saturated carbocycles. The van der Waals surface area contributed by atoms with Gasteiger partial charge in [0.25, 0.3) is 5.91 Å². The van der Waals surface area contributed by atoms with Crippen LogP contribution in [-0.4, -0.2) is 65.3 Å². The third-order valence-electron chi connectivity index (χ3n) is 7.31. The fourth-order valence-electron chi connectivity index (χ4n) is 4.95. The zero-order valence-corrected chi connectivity index (χ0v) is 24.4. The van der Waals surface area contributed by atoms with E-state index in [1.54, 1.807) is 43.1 Å². The Labute approximate surface area is 229 Å². The maximum Gasteiger partial charge on any atom is 0.251 e. The lowest BCUT2D eigenvalue weighted by Gasteiger charge is -2.39. The Kier molecular flexibility index (Phi) is 11.6. The van der Waals surface area contributed by atoms with Crippen LogP contribution in [0.15, 0.2) is 35.9 Å². The van der Waals surface area contributed by atoms with Gasteiger partial charge in [-0.1, -0.05) is 46.1 Å². The highest BCUT2D eigenvalue weighted by molar-refractivity contribution is 6.03. The van der Waals surface area contributed by atoms with Gasteiger partial charge in [0.2, 0.25) is 11.8 Å². The van der Waals surface area contributed by atoms with E-state index in [-0.39, 0.29) is 47.7 Å². The smallest absolute Gasteiger partial charge is 0.251 e. The lowest BCUT2D eigenvalue weighted by atomic mass is 9.95. The van der Waals surface area contributed by atoms with Crippen LogP contribution >= 0.6 is 0 Å². The Morgan fingerprint density at radius 2 is 1.68 bits per heavy atom. The van der Waals surface area contributed by atoms with E-state index in [0.717, 1.165) is 31.4 Å². The van der Waals surface area contributed by atoms with E-state index in [1.165, 1.54) is 0 Å². The molecule has 208 valence electrons. The number of likely N-dealkylation sites (tertiary alicyclic amines) is 1. The molecule has 1 aromatic rings. The van der Waals surface area contributed by atoms with Gasteiger partial charge in [-0.05, 0) is 76.3 Å². The molecule has 3 atom stereocenters. The first-order valence-electron chi connectivity index (χ1n) is 13.8. The summed E-state index contributed by atoms with van der Waals surface area (Å²) in [7, 11) is 1.75. The summed E-state index contributed by atoms with van der Waals surface area (Å²) in [5, 5.41) is 5.96. The topological polar surface area (TPSA) is 81.8 Å². The summed E-state index contributed by atoms with van der Waals surface area (Å²) in [5.74, 6) is 2.04. The van der Waals surface area contributed by atoms with Crippen LogP contribution in [0.25, 0.3) is 0 Å². The average Bonchev–Trinajstić information content (AvgIpc) is 2.89. The Bertz CT molecular complexity index is 1040. The van der Waals surface area contributed by atoms with E-state index >= 15 is 0 Å². The molecule has 1 aliphatic heterocycles. The van der Waals surface area contributed by atoms with Gasteiger partial charge in [0, 0.05) is 29.9 Å². The maximum absolute atomic E-state index is 13.7. The molecular formula is C31H46N4O3. The second-order valence-corrected chi connectivity index (χ2v) is 11.3. The molecule has 0 aromatic heterocycles. The molecule has 1 fully saturated rings. The molecule has 2 rings (SSSR count). The lowest BCUT2D eigenvalue weighted by molar-refractivity contribution is -0.140. The summed E-state index contributed by atoms with van der Waals surface area (Å²) in [4.78, 5) is 43.8. The van der Waals surface area contributed by atoms with Crippen LogP contribution in [0.1, 0.15) is 73.3 Å². The van der Waals surface area contributed by atoms with Crippen molar-refractivity contribution in [1.82, 2.24) is 15.1 Å². The predicted octanol–water partition coefficient (Wildman–Crippen LogP) is 4.44. The van der Waals surface area contributed by atoms with E-state index in [9.17, 15) is 14.4 Å². The number of carbonyl (C=O) groups excluding carboxylic acids is 3. The molecular weight excluding hydrogens is 476 g/mol. The zero-order valence-electron chi connectivity index (χ0n) is 24.4. The first kappa shape index (κ1) is 31.1. The van der Waals surface area contributed by atoms with Crippen molar-refractivity contribution in [2.75, 3.05) is 18.9 Å². The Balaban J connectivity index is 2.18. The highest BCUT2D eigenvalue weighted by Crippen LogP contribution is 2.22. The van der Waals surface area contributed by atoms with Crippen LogP contribution in [0.2, 0.25) is 0 Å². The van der Waals surface area contributed by atoms with Crippen LogP contribution in [0, 0.1) is 24.2 Å². The van der Waals surface area contributed by atoms with Gasteiger partial charge in [0.1, 0.15) is 6.04 Å². The number of amides is 3. The second kappa shape index (κ2) is 14.2. The van der Waals surface area contributed by atoms with Crippen molar-refractivity contribution in [2.45, 2.75) is 91.9 Å². The predicted molar refractivity (Wildman–Crippen MR) is 154 cm³/mol. The summed E-state index contributed by atoms with van der Waals surface area (Å²) in [5.41, 5.74) is 1.89. The number of nitrogens with zero attached hydrogens (tertiary/aromatic N) is 2. The molecule has 0 unspecified atom stereocenters. The SMILES string of the molecule is C#Cc1ccc(NC(=O)/C(C)=C/[C@H](C(C)C)N(C)C(=O)[C@@H](NC(=O)[C@H]2CCCCN2C(C)C)C(C)C)cc1. The fraction of sp³-hybridized carbons (Fsp3) is 0.581. The number of rotatable bonds is 10. The van der Waals surface area contributed by atoms with Crippen LogP contribution < -0.4 is 10.6 Å². The third kappa shape index (κ3) is 8.19. The average molecular weight is 523 g/mol. The number of terminal acetylenes is 1. The van der Waals surface area contributed by atoms with E-state index < -0.39 is 6.04 Å². The number of nitrogens with one attached hydrogen (secondary N) is 2. The highest BCUT2D eigenvalue weighted by atomic mass is 16.2. The molecule has 0 spiro atoms. The Hall–Kier alpha value is -3.11. The van der Waals surface area contributed by atoms with Gasteiger partial charge >= 0.3 is 0 Å². The monoisotopic (exact) mass is 522 g/mol. The number of hydrogen-bond acceptors (Lipinski definition) is 4.